The van der Waals surface area contributed by atoms with E-state index in [1.165, 1.54) is 16.8 Å². The molecule has 4 heteroatoms. The summed E-state index contributed by atoms with van der Waals surface area (Å²) in [5.74, 6) is 0.0295. The van der Waals surface area contributed by atoms with Crippen molar-refractivity contribution in [3.8, 4) is 0 Å². The van der Waals surface area contributed by atoms with E-state index >= 15 is 0 Å². The zero-order valence-electron chi connectivity index (χ0n) is 12.0. The van der Waals surface area contributed by atoms with Crippen LogP contribution in [-0.4, -0.2) is 32.6 Å². The minimum atomic E-state index is 0.0295. The summed E-state index contributed by atoms with van der Waals surface area (Å²) in [5, 5.41) is 6.14. The van der Waals surface area contributed by atoms with Crippen LogP contribution in [0, 0.1) is 0 Å². The topological polar surface area (TPSA) is 44.4 Å². The lowest BCUT2D eigenvalue weighted by Crippen LogP contribution is -2.27. The lowest BCUT2D eigenvalue weighted by Gasteiger charge is -2.19. The summed E-state index contributed by atoms with van der Waals surface area (Å²) in [4.78, 5) is 14.2. The van der Waals surface area contributed by atoms with Gasteiger partial charge >= 0.3 is 0 Å². The second kappa shape index (κ2) is 6.06. The average Bonchev–Trinajstić information content (AvgIpc) is 2.77. The molecular formula is C15H23N3O. The molecule has 1 aromatic carbocycles. The smallest absolute Gasteiger partial charge is 0.251 e. The van der Waals surface area contributed by atoms with E-state index in [9.17, 15) is 4.79 Å². The van der Waals surface area contributed by atoms with Crippen LogP contribution in [0.15, 0.2) is 12.1 Å². The number of hydrogen-bond donors (Lipinski definition) is 2. The van der Waals surface area contributed by atoms with E-state index < -0.39 is 0 Å². The number of hydrogen-bond acceptors (Lipinski definition) is 3. The predicted molar refractivity (Wildman–Crippen MR) is 78.8 cm³/mol. The molecule has 104 valence electrons. The van der Waals surface area contributed by atoms with Crippen LogP contribution in [0.3, 0.4) is 0 Å². The van der Waals surface area contributed by atoms with Crippen LogP contribution in [0.2, 0.25) is 0 Å². The van der Waals surface area contributed by atoms with Crippen LogP contribution >= 0.6 is 0 Å². The van der Waals surface area contributed by atoms with Crippen molar-refractivity contribution in [2.24, 2.45) is 0 Å². The number of nitrogens with one attached hydrogen (secondary N) is 2. The van der Waals surface area contributed by atoms with Crippen molar-refractivity contribution in [3.05, 3.63) is 28.8 Å². The summed E-state index contributed by atoms with van der Waals surface area (Å²) in [6, 6.07) is 4.05. The van der Waals surface area contributed by atoms with Gasteiger partial charge in [-0.1, -0.05) is 19.9 Å². The Hall–Kier alpha value is -1.55. The highest BCUT2D eigenvalue weighted by molar-refractivity contribution is 5.97. The summed E-state index contributed by atoms with van der Waals surface area (Å²) in [7, 11) is 1.69. The maximum atomic E-state index is 11.8. The summed E-state index contributed by atoms with van der Waals surface area (Å²) < 4.78 is 0. The van der Waals surface area contributed by atoms with E-state index in [1.54, 1.807) is 7.05 Å². The number of nitrogens with zero attached hydrogens (tertiary/aromatic N) is 1. The monoisotopic (exact) mass is 261 g/mol. The summed E-state index contributed by atoms with van der Waals surface area (Å²) in [5.41, 5.74) is 4.69. The van der Waals surface area contributed by atoms with Gasteiger partial charge in [-0.3, -0.25) is 4.79 Å². The molecule has 0 unspecified atom stereocenters. The van der Waals surface area contributed by atoms with E-state index in [0.717, 1.165) is 38.2 Å². The van der Waals surface area contributed by atoms with Gasteiger partial charge in [-0.05, 0) is 23.6 Å². The van der Waals surface area contributed by atoms with Gasteiger partial charge in [-0.2, -0.15) is 0 Å². The number of amides is 1. The molecule has 1 amide bonds. The van der Waals surface area contributed by atoms with Crippen molar-refractivity contribution in [3.63, 3.8) is 0 Å². The lowest BCUT2D eigenvalue weighted by molar-refractivity contribution is 0.0962. The van der Waals surface area contributed by atoms with Gasteiger partial charge < -0.3 is 15.5 Å². The van der Waals surface area contributed by atoms with E-state index in [4.69, 9.17) is 0 Å². The van der Waals surface area contributed by atoms with Crippen LogP contribution in [0.4, 0.5) is 5.69 Å². The maximum absolute atomic E-state index is 11.8. The number of anilines is 1. The first-order valence-corrected chi connectivity index (χ1v) is 7.14. The third-order valence-electron chi connectivity index (χ3n) is 3.66. The van der Waals surface area contributed by atoms with Gasteiger partial charge in [0.05, 0.1) is 0 Å². The molecule has 0 aromatic heterocycles. The van der Waals surface area contributed by atoms with Crippen molar-refractivity contribution in [1.29, 1.82) is 0 Å². The third kappa shape index (κ3) is 2.45. The van der Waals surface area contributed by atoms with Gasteiger partial charge in [0.1, 0.15) is 0 Å². The molecule has 1 aromatic rings. The van der Waals surface area contributed by atoms with Crippen LogP contribution in [0.5, 0.6) is 0 Å². The Labute approximate surface area is 115 Å². The maximum Gasteiger partial charge on any atom is 0.251 e. The molecule has 0 saturated heterocycles. The minimum absolute atomic E-state index is 0.0295. The molecular weight excluding hydrogens is 238 g/mol. The van der Waals surface area contributed by atoms with Crippen molar-refractivity contribution < 1.29 is 4.79 Å². The molecule has 3 rings (SSSR count). The summed E-state index contributed by atoms with van der Waals surface area (Å²) in [6.45, 7) is 8.01. The SMILES string of the molecule is CC.CNC(=O)c1ccc2c3c1CCN3CCNC2. The van der Waals surface area contributed by atoms with E-state index in [1.807, 2.05) is 19.9 Å². The molecule has 0 radical (unpaired) electrons. The Morgan fingerprint density at radius 2 is 2.11 bits per heavy atom. The molecule has 2 N–H and O–H groups in total. The number of rotatable bonds is 1. The second-order valence-corrected chi connectivity index (χ2v) is 4.59. The fraction of sp³-hybridized carbons (Fsp3) is 0.533. The van der Waals surface area contributed by atoms with E-state index in [-0.39, 0.29) is 5.91 Å². The summed E-state index contributed by atoms with van der Waals surface area (Å²) in [6.07, 6.45) is 0.992. The van der Waals surface area contributed by atoms with Gasteiger partial charge in [0.15, 0.2) is 0 Å². The van der Waals surface area contributed by atoms with Crippen LogP contribution in [0.1, 0.15) is 35.3 Å². The quantitative estimate of drug-likeness (QED) is 0.806. The Kier molecular flexibility index (Phi) is 4.43. The summed E-state index contributed by atoms with van der Waals surface area (Å²) >= 11 is 0. The molecule has 0 fully saturated rings. The molecule has 19 heavy (non-hydrogen) atoms. The molecule has 0 aliphatic carbocycles. The van der Waals surface area contributed by atoms with Crippen LogP contribution < -0.4 is 15.5 Å². The number of carbonyl (C=O) groups excluding carboxylic acids is 1. The zero-order chi connectivity index (χ0) is 13.8. The first kappa shape index (κ1) is 13.9. The highest BCUT2D eigenvalue weighted by Crippen LogP contribution is 2.35. The first-order valence-electron chi connectivity index (χ1n) is 7.14. The fourth-order valence-corrected chi connectivity index (χ4v) is 2.84. The highest BCUT2D eigenvalue weighted by atomic mass is 16.1. The van der Waals surface area contributed by atoms with Crippen molar-refractivity contribution in [2.45, 2.75) is 26.8 Å². The molecule has 2 heterocycles. The molecule has 0 saturated carbocycles. The number of benzene rings is 1. The highest BCUT2D eigenvalue weighted by Gasteiger charge is 2.27. The van der Waals surface area contributed by atoms with Gasteiger partial charge in [0.2, 0.25) is 0 Å². The molecule has 0 bridgehead atoms. The molecule has 4 nitrogen and oxygen atoms in total. The van der Waals surface area contributed by atoms with Crippen molar-refractivity contribution >= 4 is 11.6 Å². The molecule has 2 aliphatic rings. The fourth-order valence-electron chi connectivity index (χ4n) is 2.84. The minimum Gasteiger partial charge on any atom is -0.369 e. The predicted octanol–water partition coefficient (Wildman–Crippen LogP) is 1.54. The standard InChI is InChI=1S/C13H17N3O.C2H6/c1-14-13(17)11-3-2-9-8-15-5-7-16-6-4-10(11)12(9)16;1-2/h2-3,15H,4-8H2,1H3,(H,14,17);1-2H3. The van der Waals surface area contributed by atoms with Gasteiger partial charge in [0.25, 0.3) is 5.91 Å². The van der Waals surface area contributed by atoms with Gasteiger partial charge in [-0.25, -0.2) is 0 Å². The molecule has 0 atom stereocenters. The van der Waals surface area contributed by atoms with Gasteiger partial charge in [0, 0.05) is 44.5 Å². The van der Waals surface area contributed by atoms with E-state index in [2.05, 4.69) is 21.6 Å². The third-order valence-corrected chi connectivity index (χ3v) is 3.66. The van der Waals surface area contributed by atoms with E-state index in [0.29, 0.717) is 0 Å². The Morgan fingerprint density at radius 3 is 2.84 bits per heavy atom. The van der Waals surface area contributed by atoms with Crippen molar-refractivity contribution in [1.82, 2.24) is 10.6 Å². The van der Waals surface area contributed by atoms with Crippen LogP contribution in [0.25, 0.3) is 0 Å². The Bertz CT molecular complexity index is 471. The Balaban J connectivity index is 0.000000637. The Morgan fingerprint density at radius 1 is 1.32 bits per heavy atom. The lowest BCUT2D eigenvalue weighted by atomic mass is 10.00. The average molecular weight is 261 g/mol. The molecule has 2 aliphatic heterocycles. The first-order chi connectivity index (χ1) is 9.31. The van der Waals surface area contributed by atoms with Crippen LogP contribution in [-0.2, 0) is 13.0 Å². The number of carbonyl (C=O) groups is 1. The normalized spacial score (nSPS) is 16.1. The molecule has 0 spiro atoms. The van der Waals surface area contributed by atoms with Gasteiger partial charge in [-0.15, -0.1) is 0 Å². The zero-order valence-corrected chi connectivity index (χ0v) is 12.0. The second-order valence-electron chi connectivity index (χ2n) is 4.59. The van der Waals surface area contributed by atoms with Crippen molar-refractivity contribution in [2.75, 3.05) is 31.6 Å². The largest absolute Gasteiger partial charge is 0.369 e.